The molecule has 0 unspecified atom stereocenters. The van der Waals surface area contributed by atoms with Gasteiger partial charge in [0.1, 0.15) is 0 Å². The molecule has 0 atom stereocenters. The van der Waals surface area contributed by atoms with E-state index < -0.39 is 4.92 Å². The third-order valence-electron chi connectivity index (χ3n) is 4.46. The van der Waals surface area contributed by atoms with Crippen molar-refractivity contribution in [3.8, 4) is 0 Å². The molecule has 0 radical (unpaired) electrons. The lowest BCUT2D eigenvalue weighted by atomic mass is 9.96. The maximum Gasteiger partial charge on any atom is 0.311 e. The van der Waals surface area contributed by atoms with Gasteiger partial charge < -0.3 is 10.2 Å². The number of aromatic nitrogens is 1. The molecule has 25 heavy (non-hydrogen) atoms. The van der Waals surface area contributed by atoms with Crippen LogP contribution in [0.2, 0.25) is 0 Å². The standard InChI is InChI=1S/C18H20N4O3/c23-18(15-5-2-1-3-6-15)21-11-8-14(9-12-21)13-20-17-16(22(24)25)7-4-10-19-17/h1-7,10,14H,8-9,11-13H2,(H,19,20). The molecule has 1 aromatic carbocycles. The summed E-state index contributed by atoms with van der Waals surface area (Å²) in [5.74, 6) is 0.726. The maximum atomic E-state index is 12.4. The smallest absolute Gasteiger partial charge is 0.311 e. The van der Waals surface area contributed by atoms with Crippen molar-refractivity contribution >= 4 is 17.4 Å². The van der Waals surface area contributed by atoms with Crippen molar-refractivity contribution in [1.82, 2.24) is 9.88 Å². The Kier molecular flexibility index (Phi) is 5.23. The summed E-state index contributed by atoms with van der Waals surface area (Å²) in [7, 11) is 0. The molecule has 1 aliphatic rings. The zero-order valence-corrected chi connectivity index (χ0v) is 13.8. The number of nitrogens with one attached hydrogen (secondary N) is 1. The molecule has 0 saturated carbocycles. The van der Waals surface area contributed by atoms with Crippen LogP contribution in [0.5, 0.6) is 0 Å². The van der Waals surface area contributed by atoms with Gasteiger partial charge in [-0.15, -0.1) is 0 Å². The van der Waals surface area contributed by atoms with Gasteiger partial charge in [-0.05, 0) is 37.0 Å². The summed E-state index contributed by atoms with van der Waals surface area (Å²) in [5, 5.41) is 14.1. The molecule has 1 amide bonds. The van der Waals surface area contributed by atoms with Gasteiger partial charge in [-0.1, -0.05) is 18.2 Å². The Bertz CT molecular complexity index is 743. The fraction of sp³-hybridized carbons (Fsp3) is 0.333. The molecule has 130 valence electrons. The molecule has 7 heteroatoms. The number of amides is 1. The average molecular weight is 340 g/mol. The van der Waals surface area contributed by atoms with Crippen molar-refractivity contribution in [2.45, 2.75) is 12.8 Å². The lowest BCUT2D eigenvalue weighted by molar-refractivity contribution is -0.384. The van der Waals surface area contributed by atoms with Crippen molar-refractivity contribution in [2.24, 2.45) is 5.92 Å². The SMILES string of the molecule is O=C(c1ccccc1)N1CCC(CNc2ncccc2[N+](=O)[O-])CC1. The second-order valence-electron chi connectivity index (χ2n) is 6.11. The van der Waals surface area contributed by atoms with Crippen molar-refractivity contribution in [3.05, 3.63) is 64.3 Å². The molecule has 0 aliphatic carbocycles. The summed E-state index contributed by atoms with van der Waals surface area (Å²) in [6.07, 6.45) is 3.27. The third kappa shape index (κ3) is 4.12. The van der Waals surface area contributed by atoms with Gasteiger partial charge in [0.15, 0.2) is 0 Å². The van der Waals surface area contributed by atoms with Crippen LogP contribution in [-0.2, 0) is 0 Å². The summed E-state index contributed by atoms with van der Waals surface area (Å²) in [5.41, 5.74) is 0.697. The fourth-order valence-corrected chi connectivity index (χ4v) is 3.02. The highest BCUT2D eigenvalue weighted by Crippen LogP contribution is 2.23. The van der Waals surface area contributed by atoms with Gasteiger partial charge in [0.2, 0.25) is 5.82 Å². The van der Waals surface area contributed by atoms with Gasteiger partial charge in [0.05, 0.1) is 4.92 Å². The topological polar surface area (TPSA) is 88.4 Å². The molecule has 1 fully saturated rings. The van der Waals surface area contributed by atoms with Crippen LogP contribution in [0.1, 0.15) is 23.2 Å². The van der Waals surface area contributed by atoms with E-state index in [4.69, 9.17) is 0 Å². The van der Waals surface area contributed by atoms with Crippen LogP contribution in [0.3, 0.4) is 0 Å². The second-order valence-corrected chi connectivity index (χ2v) is 6.11. The average Bonchev–Trinajstić information content (AvgIpc) is 2.67. The normalized spacial score (nSPS) is 15.0. The van der Waals surface area contributed by atoms with Crippen LogP contribution in [0.25, 0.3) is 0 Å². The number of likely N-dealkylation sites (tertiary alicyclic amines) is 1. The fourth-order valence-electron chi connectivity index (χ4n) is 3.02. The Balaban J connectivity index is 1.52. The summed E-state index contributed by atoms with van der Waals surface area (Å²) in [6, 6.07) is 12.3. The van der Waals surface area contributed by atoms with E-state index in [9.17, 15) is 14.9 Å². The van der Waals surface area contributed by atoms with E-state index in [1.807, 2.05) is 35.2 Å². The lowest BCUT2D eigenvalue weighted by Gasteiger charge is -2.32. The molecule has 1 saturated heterocycles. The number of carbonyl (C=O) groups excluding carboxylic acids is 1. The highest BCUT2D eigenvalue weighted by Gasteiger charge is 2.24. The minimum absolute atomic E-state index is 0.0146. The molecular weight excluding hydrogens is 320 g/mol. The quantitative estimate of drug-likeness (QED) is 0.668. The van der Waals surface area contributed by atoms with Crippen LogP contribution in [0, 0.1) is 16.0 Å². The van der Waals surface area contributed by atoms with Crippen molar-refractivity contribution < 1.29 is 9.72 Å². The Morgan fingerprint density at radius 2 is 1.92 bits per heavy atom. The van der Waals surface area contributed by atoms with Crippen molar-refractivity contribution in [1.29, 1.82) is 0 Å². The summed E-state index contributed by atoms with van der Waals surface area (Å²) in [6.45, 7) is 2.01. The number of piperidine rings is 1. The third-order valence-corrected chi connectivity index (χ3v) is 4.46. The highest BCUT2D eigenvalue weighted by atomic mass is 16.6. The number of hydrogen-bond donors (Lipinski definition) is 1. The lowest BCUT2D eigenvalue weighted by Crippen LogP contribution is -2.39. The van der Waals surface area contributed by atoms with Crippen LogP contribution >= 0.6 is 0 Å². The molecular formula is C18H20N4O3. The molecule has 1 aromatic heterocycles. The summed E-state index contributed by atoms with van der Waals surface area (Å²) in [4.78, 5) is 28.9. The maximum absolute atomic E-state index is 12.4. The Hall–Kier alpha value is -2.96. The zero-order chi connectivity index (χ0) is 17.6. The summed E-state index contributed by atoms with van der Waals surface area (Å²) < 4.78 is 0. The van der Waals surface area contributed by atoms with Gasteiger partial charge in [-0.3, -0.25) is 14.9 Å². The van der Waals surface area contributed by atoms with Crippen molar-refractivity contribution in [2.75, 3.05) is 25.0 Å². The number of benzene rings is 1. The van der Waals surface area contributed by atoms with Crippen LogP contribution in [0.4, 0.5) is 11.5 Å². The molecule has 2 aromatic rings. The monoisotopic (exact) mass is 340 g/mol. The van der Waals surface area contributed by atoms with E-state index in [0.29, 0.717) is 36.9 Å². The first-order chi connectivity index (χ1) is 12.1. The minimum Gasteiger partial charge on any atom is -0.364 e. The molecule has 2 heterocycles. The van der Waals surface area contributed by atoms with E-state index in [0.717, 1.165) is 12.8 Å². The van der Waals surface area contributed by atoms with Crippen LogP contribution < -0.4 is 5.32 Å². The molecule has 1 N–H and O–H groups in total. The van der Waals surface area contributed by atoms with Crippen LogP contribution in [0.15, 0.2) is 48.7 Å². The molecule has 0 spiro atoms. The number of rotatable bonds is 5. The first-order valence-corrected chi connectivity index (χ1v) is 8.33. The van der Waals surface area contributed by atoms with Gasteiger partial charge in [0, 0.05) is 37.5 Å². The predicted octanol–water partition coefficient (Wildman–Crippen LogP) is 2.95. The van der Waals surface area contributed by atoms with E-state index in [1.165, 1.54) is 12.3 Å². The predicted molar refractivity (Wildman–Crippen MR) is 94.5 cm³/mol. The Morgan fingerprint density at radius 1 is 1.20 bits per heavy atom. The number of carbonyl (C=O) groups is 1. The molecule has 1 aliphatic heterocycles. The molecule has 7 nitrogen and oxygen atoms in total. The van der Waals surface area contributed by atoms with E-state index in [-0.39, 0.29) is 11.6 Å². The van der Waals surface area contributed by atoms with Gasteiger partial charge >= 0.3 is 5.69 Å². The van der Waals surface area contributed by atoms with Gasteiger partial charge in [-0.2, -0.15) is 0 Å². The number of nitro groups is 1. The molecule has 3 rings (SSSR count). The molecule has 0 bridgehead atoms. The Labute approximate surface area is 145 Å². The van der Waals surface area contributed by atoms with Gasteiger partial charge in [-0.25, -0.2) is 4.98 Å². The minimum atomic E-state index is -0.434. The van der Waals surface area contributed by atoms with Crippen LogP contribution in [-0.4, -0.2) is 40.3 Å². The first-order valence-electron chi connectivity index (χ1n) is 8.33. The largest absolute Gasteiger partial charge is 0.364 e. The van der Waals surface area contributed by atoms with E-state index in [2.05, 4.69) is 10.3 Å². The highest BCUT2D eigenvalue weighted by molar-refractivity contribution is 5.94. The summed E-state index contributed by atoms with van der Waals surface area (Å²) >= 11 is 0. The number of pyridine rings is 1. The van der Waals surface area contributed by atoms with Gasteiger partial charge in [0.25, 0.3) is 5.91 Å². The number of nitrogens with zero attached hydrogens (tertiary/aromatic N) is 3. The van der Waals surface area contributed by atoms with Crippen molar-refractivity contribution in [3.63, 3.8) is 0 Å². The second kappa shape index (κ2) is 7.74. The Morgan fingerprint density at radius 3 is 2.60 bits per heavy atom. The zero-order valence-electron chi connectivity index (χ0n) is 13.8. The number of hydrogen-bond acceptors (Lipinski definition) is 5. The van der Waals surface area contributed by atoms with E-state index in [1.54, 1.807) is 6.07 Å². The number of anilines is 1. The first kappa shape index (κ1) is 16.9. The van der Waals surface area contributed by atoms with E-state index >= 15 is 0 Å².